The van der Waals surface area contributed by atoms with Crippen molar-refractivity contribution >= 4 is 5.97 Å². The fraction of sp³-hybridized carbons (Fsp3) is 0.750. The van der Waals surface area contributed by atoms with Gasteiger partial charge in [-0.1, -0.05) is 58.4 Å². The maximum absolute atomic E-state index is 11.0. The molecule has 1 fully saturated rings. The van der Waals surface area contributed by atoms with Crippen molar-refractivity contribution in [3.63, 3.8) is 0 Å². The summed E-state index contributed by atoms with van der Waals surface area (Å²) < 4.78 is 0. The van der Waals surface area contributed by atoms with E-state index in [1.165, 1.54) is 0 Å². The monoisotopic (exact) mass is 338 g/mol. The Labute approximate surface area is 146 Å². The number of carboxylic acid groups (broad SMARTS) is 1. The van der Waals surface area contributed by atoms with E-state index in [0.717, 1.165) is 38.5 Å². The largest absolute Gasteiger partial charge is 0.481 e. The topological polar surface area (TPSA) is 55.8 Å². The van der Waals surface area contributed by atoms with E-state index in [9.17, 15) is 4.79 Å². The lowest BCUT2D eigenvalue weighted by atomic mass is 9.81. The van der Waals surface area contributed by atoms with Gasteiger partial charge < -0.3 is 5.11 Å². The Balaban J connectivity index is 2.71. The minimum atomic E-state index is -0.838. The fourth-order valence-electron chi connectivity index (χ4n) is 3.21. The predicted octanol–water partition coefficient (Wildman–Crippen LogP) is 5.30. The summed E-state index contributed by atoms with van der Waals surface area (Å²) in [5.41, 5.74) is -0.428. The van der Waals surface area contributed by atoms with Crippen LogP contribution < -0.4 is 0 Å². The molecular weight excluding hydrogens is 304 g/mol. The van der Waals surface area contributed by atoms with E-state index in [-0.39, 0.29) is 18.4 Å². The SMILES string of the molecule is CC/C=C/C(CC)C/C=C/[C@@]1(CC)CC(CC)[C@@H](CC(=O)O)OO1. The van der Waals surface area contributed by atoms with Crippen molar-refractivity contribution in [1.29, 1.82) is 0 Å². The molecule has 0 spiro atoms. The number of hydrogen-bond acceptors (Lipinski definition) is 3. The van der Waals surface area contributed by atoms with Crippen LogP contribution in [-0.2, 0) is 14.6 Å². The quantitative estimate of drug-likeness (QED) is 0.434. The van der Waals surface area contributed by atoms with Crippen LogP contribution in [-0.4, -0.2) is 22.8 Å². The van der Waals surface area contributed by atoms with Crippen LogP contribution in [0.3, 0.4) is 0 Å². The Kier molecular flexibility index (Phi) is 9.30. The molecule has 24 heavy (non-hydrogen) atoms. The molecule has 4 atom stereocenters. The second-order valence-electron chi connectivity index (χ2n) is 6.75. The van der Waals surface area contributed by atoms with Gasteiger partial charge in [-0.05, 0) is 43.9 Å². The lowest BCUT2D eigenvalue weighted by Gasteiger charge is -2.40. The van der Waals surface area contributed by atoms with Crippen molar-refractivity contribution in [1.82, 2.24) is 0 Å². The molecule has 1 N–H and O–H groups in total. The number of carbonyl (C=O) groups is 1. The van der Waals surface area contributed by atoms with Crippen LogP contribution in [0.2, 0.25) is 0 Å². The van der Waals surface area contributed by atoms with Crippen LogP contribution in [0, 0.1) is 11.8 Å². The maximum Gasteiger partial charge on any atom is 0.306 e. The summed E-state index contributed by atoms with van der Waals surface area (Å²) in [6.07, 6.45) is 14.2. The molecule has 0 bridgehead atoms. The van der Waals surface area contributed by atoms with E-state index in [0.29, 0.717) is 5.92 Å². The zero-order chi connectivity index (χ0) is 18.0. The zero-order valence-electron chi connectivity index (χ0n) is 15.7. The number of hydrogen-bond donors (Lipinski definition) is 1. The third kappa shape index (κ3) is 6.40. The molecule has 0 aliphatic carbocycles. The number of aliphatic carboxylic acids is 1. The molecule has 0 aromatic rings. The van der Waals surface area contributed by atoms with Crippen molar-refractivity contribution in [3.8, 4) is 0 Å². The zero-order valence-corrected chi connectivity index (χ0v) is 15.7. The molecule has 1 rings (SSSR count). The first-order chi connectivity index (χ1) is 11.5. The Morgan fingerprint density at radius 2 is 2.04 bits per heavy atom. The molecule has 0 radical (unpaired) electrons. The first kappa shape index (κ1) is 20.9. The van der Waals surface area contributed by atoms with E-state index >= 15 is 0 Å². The molecule has 0 aromatic heterocycles. The van der Waals surface area contributed by atoms with Gasteiger partial charge in [0.25, 0.3) is 0 Å². The van der Waals surface area contributed by atoms with Crippen molar-refractivity contribution in [2.45, 2.75) is 84.3 Å². The first-order valence-corrected chi connectivity index (χ1v) is 9.40. The van der Waals surface area contributed by atoms with Gasteiger partial charge in [-0.15, -0.1) is 0 Å². The Hall–Kier alpha value is -1.13. The highest BCUT2D eigenvalue weighted by Gasteiger charge is 2.41. The van der Waals surface area contributed by atoms with Gasteiger partial charge in [0, 0.05) is 0 Å². The Morgan fingerprint density at radius 1 is 1.29 bits per heavy atom. The highest BCUT2D eigenvalue weighted by atomic mass is 17.2. The second-order valence-corrected chi connectivity index (χ2v) is 6.75. The van der Waals surface area contributed by atoms with Crippen LogP contribution in [0.25, 0.3) is 0 Å². The van der Waals surface area contributed by atoms with E-state index in [4.69, 9.17) is 14.9 Å². The fourth-order valence-corrected chi connectivity index (χ4v) is 3.21. The smallest absolute Gasteiger partial charge is 0.306 e. The van der Waals surface area contributed by atoms with Gasteiger partial charge in [0.05, 0.1) is 6.42 Å². The van der Waals surface area contributed by atoms with Gasteiger partial charge in [-0.3, -0.25) is 4.79 Å². The van der Waals surface area contributed by atoms with Gasteiger partial charge in [0.2, 0.25) is 0 Å². The summed E-state index contributed by atoms with van der Waals surface area (Å²) in [4.78, 5) is 22.2. The predicted molar refractivity (Wildman–Crippen MR) is 96.6 cm³/mol. The number of allylic oxidation sites excluding steroid dienone is 3. The van der Waals surface area contributed by atoms with E-state index < -0.39 is 11.6 Å². The van der Waals surface area contributed by atoms with Crippen molar-refractivity contribution in [2.75, 3.05) is 0 Å². The highest BCUT2D eigenvalue weighted by Crippen LogP contribution is 2.38. The highest BCUT2D eigenvalue weighted by molar-refractivity contribution is 5.67. The van der Waals surface area contributed by atoms with E-state index in [1.807, 2.05) is 0 Å². The molecule has 1 aliphatic rings. The van der Waals surface area contributed by atoms with Crippen LogP contribution in [0.15, 0.2) is 24.3 Å². The van der Waals surface area contributed by atoms with E-state index in [2.05, 4.69) is 52.0 Å². The lowest BCUT2D eigenvalue weighted by molar-refractivity contribution is -0.409. The molecule has 4 heteroatoms. The maximum atomic E-state index is 11.0. The standard InChI is InChI=1S/C20H34O4/c1-5-9-11-16(6-2)12-10-13-20(8-4)15-17(7-3)18(23-24-20)14-19(21)22/h9-11,13,16-18H,5-8,12,14-15H2,1-4H3,(H,21,22)/b11-9+,13-10+/t16?,17?,18-,20+/m1/s1. The second kappa shape index (κ2) is 10.7. The summed E-state index contributed by atoms with van der Waals surface area (Å²) in [6, 6.07) is 0. The normalized spacial score (nSPS) is 29.3. The number of carboxylic acids is 1. The van der Waals surface area contributed by atoms with Crippen molar-refractivity contribution < 1.29 is 19.7 Å². The van der Waals surface area contributed by atoms with Gasteiger partial charge in [0.15, 0.2) is 0 Å². The average molecular weight is 338 g/mol. The summed E-state index contributed by atoms with van der Waals surface area (Å²) in [7, 11) is 0. The third-order valence-corrected chi connectivity index (χ3v) is 5.00. The summed E-state index contributed by atoms with van der Waals surface area (Å²) in [6.45, 7) is 8.53. The summed E-state index contributed by atoms with van der Waals surface area (Å²) in [5.74, 6) is -0.0714. The van der Waals surface area contributed by atoms with Crippen LogP contribution in [0.1, 0.15) is 72.6 Å². The minimum absolute atomic E-state index is 0.00172. The molecule has 138 valence electrons. The van der Waals surface area contributed by atoms with Crippen LogP contribution >= 0.6 is 0 Å². The molecule has 0 aromatic carbocycles. The van der Waals surface area contributed by atoms with E-state index in [1.54, 1.807) is 0 Å². The van der Waals surface area contributed by atoms with Gasteiger partial charge in [-0.25, -0.2) is 9.78 Å². The molecule has 1 aliphatic heterocycles. The van der Waals surface area contributed by atoms with Crippen LogP contribution in [0.4, 0.5) is 0 Å². The van der Waals surface area contributed by atoms with Gasteiger partial charge in [0.1, 0.15) is 11.7 Å². The summed E-state index contributed by atoms with van der Waals surface area (Å²) >= 11 is 0. The molecule has 0 saturated carbocycles. The molecule has 2 unspecified atom stereocenters. The Bertz CT molecular complexity index is 429. The minimum Gasteiger partial charge on any atom is -0.481 e. The molecular formula is C20H34O4. The lowest BCUT2D eigenvalue weighted by Crippen LogP contribution is -2.44. The van der Waals surface area contributed by atoms with Gasteiger partial charge >= 0.3 is 5.97 Å². The number of rotatable bonds is 10. The Morgan fingerprint density at radius 3 is 2.58 bits per heavy atom. The molecule has 0 amide bonds. The molecule has 1 saturated heterocycles. The van der Waals surface area contributed by atoms with Crippen molar-refractivity contribution in [2.24, 2.45) is 11.8 Å². The van der Waals surface area contributed by atoms with Gasteiger partial charge in [-0.2, -0.15) is 0 Å². The molecule has 1 heterocycles. The molecule has 4 nitrogen and oxygen atoms in total. The summed E-state index contributed by atoms with van der Waals surface area (Å²) in [5, 5.41) is 9.01. The third-order valence-electron chi connectivity index (χ3n) is 5.00. The van der Waals surface area contributed by atoms with Crippen molar-refractivity contribution in [3.05, 3.63) is 24.3 Å². The average Bonchev–Trinajstić information content (AvgIpc) is 2.58. The van der Waals surface area contributed by atoms with Crippen LogP contribution in [0.5, 0.6) is 0 Å². The first-order valence-electron chi connectivity index (χ1n) is 9.40.